The fourth-order valence-corrected chi connectivity index (χ4v) is 2.19. The van der Waals surface area contributed by atoms with Crippen molar-refractivity contribution in [1.29, 1.82) is 0 Å². The number of nitrogens with zero attached hydrogens (tertiary/aromatic N) is 4. The molecule has 0 aliphatic rings. The van der Waals surface area contributed by atoms with Crippen molar-refractivity contribution >= 4 is 5.97 Å². The molecular formula is C17H15FN4O2. The van der Waals surface area contributed by atoms with Crippen LogP contribution in [0, 0.1) is 5.82 Å². The number of carboxylic acids is 1. The molecule has 0 aliphatic heterocycles. The molecule has 0 saturated heterocycles. The van der Waals surface area contributed by atoms with E-state index in [2.05, 4.69) is 15.1 Å². The van der Waals surface area contributed by atoms with Gasteiger partial charge in [-0.25, -0.2) is 23.8 Å². The second kappa shape index (κ2) is 6.19. The van der Waals surface area contributed by atoms with Gasteiger partial charge in [0, 0.05) is 23.5 Å². The molecule has 0 radical (unpaired) electrons. The number of hydrogen-bond donors (Lipinski definition) is 1. The molecule has 0 fully saturated rings. The minimum atomic E-state index is -1.11. The van der Waals surface area contributed by atoms with Gasteiger partial charge in [0.1, 0.15) is 5.82 Å². The lowest BCUT2D eigenvalue weighted by Crippen LogP contribution is -2.07. The molecule has 0 aliphatic carbocycles. The van der Waals surface area contributed by atoms with Crippen molar-refractivity contribution in [3.63, 3.8) is 0 Å². The highest BCUT2D eigenvalue weighted by Crippen LogP contribution is 2.22. The molecule has 2 heterocycles. The third-order valence-electron chi connectivity index (χ3n) is 3.45. The largest absolute Gasteiger partial charge is 0.476 e. The van der Waals surface area contributed by atoms with Gasteiger partial charge in [0.15, 0.2) is 17.3 Å². The van der Waals surface area contributed by atoms with Crippen LogP contribution in [0.15, 0.2) is 42.6 Å². The summed E-state index contributed by atoms with van der Waals surface area (Å²) in [5, 5.41) is 13.0. The van der Waals surface area contributed by atoms with E-state index < -0.39 is 5.97 Å². The Morgan fingerprint density at radius 3 is 2.62 bits per heavy atom. The van der Waals surface area contributed by atoms with Crippen molar-refractivity contribution in [2.24, 2.45) is 0 Å². The molecule has 0 spiro atoms. The van der Waals surface area contributed by atoms with E-state index in [1.165, 1.54) is 29.1 Å². The summed E-state index contributed by atoms with van der Waals surface area (Å²) in [6.07, 6.45) is 1.52. The molecule has 3 aromatic rings. The Labute approximate surface area is 137 Å². The molecule has 7 heteroatoms. The van der Waals surface area contributed by atoms with E-state index in [0.717, 1.165) is 5.69 Å². The lowest BCUT2D eigenvalue weighted by Gasteiger charge is -2.10. The molecule has 0 amide bonds. The third-order valence-corrected chi connectivity index (χ3v) is 3.45. The van der Waals surface area contributed by atoms with Crippen molar-refractivity contribution in [2.45, 2.75) is 19.8 Å². The van der Waals surface area contributed by atoms with E-state index in [4.69, 9.17) is 5.11 Å². The Bertz CT molecular complexity index is 905. The summed E-state index contributed by atoms with van der Waals surface area (Å²) >= 11 is 0. The first-order valence-electron chi connectivity index (χ1n) is 7.38. The van der Waals surface area contributed by atoms with Crippen LogP contribution >= 0.6 is 0 Å². The highest BCUT2D eigenvalue weighted by molar-refractivity contribution is 5.85. The molecule has 24 heavy (non-hydrogen) atoms. The lowest BCUT2D eigenvalue weighted by atomic mass is 10.1. The van der Waals surface area contributed by atoms with Crippen molar-refractivity contribution in [1.82, 2.24) is 19.7 Å². The Kier molecular flexibility index (Phi) is 4.07. The molecule has 2 aromatic heterocycles. The smallest absolute Gasteiger partial charge is 0.356 e. The number of aromatic carboxylic acids is 1. The summed E-state index contributed by atoms with van der Waals surface area (Å²) in [7, 11) is 0. The predicted octanol–water partition coefficient (Wildman–Crippen LogP) is 3.29. The van der Waals surface area contributed by atoms with Crippen LogP contribution in [0.1, 0.15) is 35.9 Å². The van der Waals surface area contributed by atoms with Crippen LogP contribution in [-0.4, -0.2) is 30.8 Å². The molecule has 6 nitrogen and oxygen atoms in total. The molecular weight excluding hydrogens is 311 g/mol. The molecule has 1 N–H and O–H groups in total. The van der Waals surface area contributed by atoms with Gasteiger partial charge in [-0.1, -0.05) is 26.0 Å². The van der Waals surface area contributed by atoms with Gasteiger partial charge in [-0.2, -0.15) is 5.10 Å². The van der Waals surface area contributed by atoms with Gasteiger partial charge < -0.3 is 5.11 Å². The van der Waals surface area contributed by atoms with E-state index in [1.54, 1.807) is 18.2 Å². The standard InChI is InChI=1S/C17H15FN4O2/c1-10(2)14-9-15(22-7-6-13(21-22)17(23)24)20-16(19-14)11-4-3-5-12(18)8-11/h3-10H,1-2H3,(H,23,24). The molecule has 0 atom stereocenters. The Morgan fingerprint density at radius 2 is 2.00 bits per heavy atom. The molecule has 1 aromatic carbocycles. The summed E-state index contributed by atoms with van der Waals surface area (Å²) in [6, 6.07) is 9.15. The van der Waals surface area contributed by atoms with E-state index in [9.17, 15) is 9.18 Å². The quantitative estimate of drug-likeness (QED) is 0.795. The topological polar surface area (TPSA) is 80.9 Å². The summed E-state index contributed by atoms with van der Waals surface area (Å²) in [4.78, 5) is 19.9. The SMILES string of the molecule is CC(C)c1cc(-n2ccc(C(=O)O)n2)nc(-c2cccc(F)c2)n1. The van der Waals surface area contributed by atoms with Gasteiger partial charge >= 0.3 is 5.97 Å². The van der Waals surface area contributed by atoms with Crippen LogP contribution < -0.4 is 0 Å². The van der Waals surface area contributed by atoms with Crippen molar-refractivity contribution < 1.29 is 14.3 Å². The second-order valence-electron chi connectivity index (χ2n) is 5.59. The van der Waals surface area contributed by atoms with Crippen LogP contribution in [-0.2, 0) is 0 Å². The Hall–Kier alpha value is -3.09. The zero-order chi connectivity index (χ0) is 17.3. The van der Waals surface area contributed by atoms with E-state index in [1.807, 2.05) is 13.8 Å². The van der Waals surface area contributed by atoms with Crippen LogP contribution in [0.3, 0.4) is 0 Å². The maximum atomic E-state index is 13.5. The Balaban J connectivity index is 2.13. The van der Waals surface area contributed by atoms with Gasteiger partial charge in [0.2, 0.25) is 0 Å². The van der Waals surface area contributed by atoms with Gasteiger partial charge in [0.05, 0.1) is 0 Å². The van der Waals surface area contributed by atoms with Crippen LogP contribution in [0.4, 0.5) is 4.39 Å². The molecule has 0 saturated carbocycles. The maximum Gasteiger partial charge on any atom is 0.356 e. The fourth-order valence-electron chi connectivity index (χ4n) is 2.19. The van der Waals surface area contributed by atoms with E-state index >= 15 is 0 Å². The summed E-state index contributed by atoms with van der Waals surface area (Å²) in [5.41, 5.74) is 1.23. The summed E-state index contributed by atoms with van der Waals surface area (Å²) < 4.78 is 14.9. The minimum absolute atomic E-state index is 0.0768. The highest BCUT2D eigenvalue weighted by Gasteiger charge is 2.14. The number of benzene rings is 1. The zero-order valence-corrected chi connectivity index (χ0v) is 13.1. The van der Waals surface area contributed by atoms with Crippen LogP contribution in [0.2, 0.25) is 0 Å². The highest BCUT2D eigenvalue weighted by atomic mass is 19.1. The van der Waals surface area contributed by atoms with Crippen LogP contribution in [0.25, 0.3) is 17.2 Å². The first kappa shape index (κ1) is 15.8. The van der Waals surface area contributed by atoms with Gasteiger partial charge in [-0.15, -0.1) is 0 Å². The number of carboxylic acid groups (broad SMARTS) is 1. The van der Waals surface area contributed by atoms with Gasteiger partial charge in [-0.05, 0) is 24.1 Å². The van der Waals surface area contributed by atoms with Gasteiger partial charge in [0.25, 0.3) is 0 Å². The lowest BCUT2D eigenvalue weighted by molar-refractivity contribution is 0.0690. The van der Waals surface area contributed by atoms with Crippen molar-refractivity contribution in [3.8, 4) is 17.2 Å². The number of aromatic nitrogens is 4. The molecule has 3 rings (SSSR count). The number of halogens is 1. The molecule has 122 valence electrons. The first-order valence-corrected chi connectivity index (χ1v) is 7.38. The Morgan fingerprint density at radius 1 is 1.21 bits per heavy atom. The number of carbonyl (C=O) groups is 1. The van der Waals surface area contributed by atoms with Crippen molar-refractivity contribution in [3.05, 3.63) is 59.8 Å². The summed E-state index contributed by atoms with van der Waals surface area (Å²) in [5.74, 6) is -0.575. The summed E-state index contributed by atoms with van der Waals surface area (Å²) in [6.45, 7) is 3.96. The van der Waals surface area contributed by atoms with Crippen molar-refractivity contribution in [2.75, 3.05) is 0 Å². The number of hydrogen-bond acceptors (Lipinski definition) is 4. The predicted molar refractivity (Wildman–Crippen MR) is 85.6 cm³/mol. The van der Waals surface area contributed by atoms with E-state index in [-0.39, 0.29) is 17.4 Å². The third kappa shape index (κ3) is 3.15. The molecule has 0 unspecified atom stereocenters. The molecule has 0 bridgehead atoms. The maximum absolute atomic E-state index is 13.5. The number of rotatable bonds is 4. The second-order valence-corrected chi connectivity index (χ2v) is 5.59. The van der Waals surface area contributed by atoms with Crippen LogP contribution in [0.5, 0.6) is 0 Å². The monoisotopic (exact) mass is 326 g/mol. The minimum Gasteiger partial charge on any atom is -0.476 e. The van der Waals surface area contributed by atoms with E-state index in [0.29, 0.717) is 17.2 Å². The van der Waals surface area contributed by atoms with Gasteiger partial charge in [-0.3, -0.25) is 0 Å². The zero-order valence-electron chi connectivity index (χ0n) is 13.1. The average molecular weight is 326 g/mol. The first-order chi connectivity index (χ1) is 11.4. The average Bonchev–Trinajstić information content (AvgIpc) is 3.04. The normalized spacial score (nSPS) is 11.0. The fraction of sp³-hybridized carbons (Fsp3) is 0.176.